The molecule has 1 aliphatic carbocycles. The van der Waals surface area contributed by atoms with Gasteiger partial charge in [-0.3, -0.25) is 0 Å². The number of hydrogen-bond acceptors (Lipinski definition) is 1. The first kappa shape index (κ1) is 11.2. The molecule has 1 atom stereocenters. The molecule has 1 nitrogen and oxygen atoms in total. The Kier molecular flexibility index (Phi) is 2.77. The van der Waals surface area contributed by atoms with E-state index in [2.05, 4.69) is 61.5 Å². The van der Waals surface area contributed by atoms with Crippen LogP contribution in [0.25, 0.3) is 11.6 Å². The maximum atomic E-state index is 6.02. The van der Waals surface area contributed by atoms with E-state index in [4.69, 9.17) is 5.73 Å². The van der Waals surface area contributed by atoms with E-state index in [0.29, 0.717) is 12.5 Å². The largest absolute Gasteiger partial charge is 0.330 e. The van der Waals surface area contributed by atoms with Gasteiger partial charge in [-0.2, -0.15) is 0 Å². The van der Waals surface area contributed by atoms with E-state index in [1.165, 1.54) is 27.8 Å². The summed E-state index contributed by atoms with van der Waals surface area (Å²) in [5, 5.41) is 0. The predicted octanol–water partition coefficient (Wildman–Crippen LogP) is 3.65. The summed E-state index contributed by atoms with van der Waals surface area (Å²) in [5.74, 6) is 0.297. The first-order chi connectivity index (χ1) is 8.81. The Morgan fingerprint density at radius 2 is 1.61 bits per heavy atom. The maximum Gasteiger partial charge on any atom is 0.0224 e. The molecule has 0 amide bonds. The average molecular weight is 235 g/mol. The monoisotopic (exact) mass is 235 g/mol. The Morgan fingerprint density at radius 3 is 2.39 bits per heavy atom. The van der Waals surface area contributed by atoms with Crippen molar-refractivity contribution in [3.05, 3.63) is 70.8 Å². The first-order valence-electron chi connectivity index (χ1n) is 6.38. The summed E-state index contributed by atoms with van der Waals surface area (Å²) in [4.78, 5) is 0. The van der Waals surface area contributed by atoms with Crippen LogP contribution < -0.4 is 5.73 Å². The smallest absolute Gasteiger partial charge is 0.0224 e. The van der Waals surface area contributed by atoms with Crippen LogP contribution in [-0.2, 0) is 0 Å². The molecule has 0 spiro atoms. The first-order valence-corrected chi connectivity index (χ1v) is 6.38. The molecular weight excluding hydrogens is 218 g/mol. The molecule has 1 unspecified atom stereocenters. The van der Waals surface area contributed by atoms with Gasteiger partial charge in [0.15, 0.2) is 0 Å². The molecule has 0 fully saturated rings. The van der Waals surface area contributed by atoms with Crippen molar-refractivity contribution in [1.82, 2.24) is 0 Å². The van der Waals surface area contributed by atoms with Gasteiger partial charge in [0.05, 0.1) is 0 Å². The highest BCUT2D eigenvalue weighted by molar-refractivity contribution is 5.85. The zero-order valence-corrected chi connectivity index (χ0v) is 10.6. The number of hydrogen-bond donors (Lipinski definition) is 1. The average Bonchev–Trinajstić information content (AvgIpc) is 2.53. The lowest BCUT2D eigenvalue weighted by atomic mass is 9.87. The third-order valence-electron chi connectivity index (χ3n) is 3.74. The summed E-state index contributed by atoms with van der Waals surface area (Å²) < 4.78 is 0. The Labute approximate surface area is 108 Å². The molecule has 18 heavy (non-hydrogen) atoms. The summed E-state index contributed by atoms with van der Waals surface area (Å²) >= 11 is 0. The van der Waals surface area contributed by atoms with Crippen molar-refractivity contribution >= 4 is 11.6 Å². The van der Waals surface area contributed by atoms with E-state index in [1.807, 2.05) is 0 Å². The van der Waals surface area contributed by atoms with Gasteiger partial charge in [0, 0.05) is 12.5 Å². The van der Waals surface area contributed by atoms with Crippen molar-refractivity contribution in [1.29, 1.82) is 0 Å². The number of rotatable bonds is 1. The van der Waals surface area contributed by atoms with Gasteiger partial charge in [-0.05, 0) is 34.8 Å². The maximum absolute atomic E-state index is 6.02. The summed E-state index contributed by atoms with van der Waals surface area (Å²) in [6, 6.07) is 17.1. The SMILES string of the molecule is CC1=Cc2ccccc2C(CN)c2ccccc21. The topological polar surface area (TPSA) is 26.0 Å². The summed E-state index contributed by atoms with van der Waals surface area (Å²) in [7, 11) is 0. The summed E-state index contributed by atoms with van der Waals surface area (Å²) in [6.45, 7) is 2.82. The van der Waals surface area contributed by atoms with Crippen LogP contribution in [0.2, 0.25) is 0 Å². The molecule has 1 heteroatoms. The van der Waals surface area contributed by atoms with Crippen LogP contribution in [0.5, 0.6) is 0 Å². The van der Waals surface area contributed by atoms with Gasteiger partial charge >= 0.3 is 0 Å². The fourth-order valence-corrected chi connectivity index (χ4v) is 2.85. The number of benzene rings is 2. The second-order valence-corrected chi connectivity index (χ2v) is 4.83. The van der Waals surface area contributed by atoms with Gasteiger partial charge < -0.3 is 5.73 Å². The highest BCUT2D eigenvalue weighted by Crippen LogP contribution is 2.36. The molecule has 0 saturated carbocycles. The quantitative estimate of drug-likeness (QED) is 0.802. The fourth-order valence-electron chi connectivity index (χ4n) is 2.85. The fraction of sp³-hybridized carbons (Fsp3) is 0.176. The molecule has 2 aromatic rings. The number of allylic oxidation sites excluding steroid dienone is 1. The lowest BCUT2D eigenvalue weighted by Gasteiger charge is -2.18. The Hall–Kier alpha value is -1.86. The molecule has 0 bridgehead atoms. The van der Waals surface area contributed by atoms with E-state index in [9.17, 15) is 0 Å². The minimum atomic E-state index is 0.297. The second-order valence-electron chi connectivity index (χ2n) is 4.83. The van der Waals surface area contributed by atoms with Gasteiger partial charge in [-0.15, -0.1) is 0 Å². The van der Waals surface area contributed by atoms with Gasteiger partial charge in [-0.1, -0.05) is 54.6 Å². The van der Waals surface area contributed by atoms with Gasteiger partial charge in [0.2, 0.25) is 0 Å². The van der Waals surface area contributed by atoms with Crippen LogP contribution in [0.4, 0.5) is 0 Å². The van der Waals surface area contributed by atoms with Crippen molar-refractivity contribution in [3.63, 3.8) is 0 Å². The Bertz CT molecular complexity index is 611. The van der Waals surface area contributed by atoms with Gasteiger partial charge in [0.1, 0.15) is 0 Å². The molecule has 3 rings (SSSR count). The minimum absolute atomic E-state index is 0.297. The third kappa shape index (κ3) is 1.68. The lowest BCUT2D eigenvalue weighted by molar-refractivity contribution is 0.816. The van der Waals surface area contributed by atoms with Crippen molar-refractivity contribution < 1.29 is 0 Å². The van der Waals surface area contributed by atoms with E-state index in [-0.39, 0.29) is 0 Å². The molecule has 0 radical (unpaired) electrons. The normalized spacial score (nSPS) is 17.4. The van der Waals surface area contributed by atoms with Crippen molar-refractivity contribution in [2.45, 2.75) is 12.8 Å². The van der Waals surface area contributed by atoms with Crippen LogP contribution >= 0.6 is 0 Å². The Balaban J connectivity index is 2.31. The molecule has 2 aromatic carbocycles. The molecule has 0 aliphatic heterocycles. The Morgan fingerprint density at radius 1 is 0.944 bits per heavy atom. The van der Waals surface area contributed by atoms with Crippen LogP contribution in [-0.4, -0.2) is 6.54 Å². The highest BCUT2D eigenvalue weighted by atomic mass is 14.6. The van der Waals surface area contributed by atoms with E-state index < -0.39 is 0 Å². The lowest BCUT2D eigenvalue weighted by Crippen LogP contribution is -2.15. The van der Waals surface area contributed by atoms with Crippen LogP contribution in [0.1, 0.15) is 35.1 Å². The third-order valence-corrected chi connectivity index (χ3v) is 3.74. The zero-order chi connectivity index (χ0) is 12.5. The van der Waals surface area contributed by atoms with Crippen LogP contribution in [0.3, 0.4) is 0 Å². The highest BCUT2D eigenvalue weighted by Gasteiger charge is 2.21. The minimum Gasteiger partial charge on any atom is -0.330 e. The number of nitrogens with two attached hydrogens (primary N) is 1. The van der Waals surface area contributed by atoms with E-state index >= 15 is 0 Å². The summed E-state index contributed by atoms with van der Waals surface area (Å²) in [6.07, 6.45) is 2.27. The zero-order valence-electron chi connectivity index (χ0n) is 10.6. The molecule has 90 valence electrons. The van der Waals surface area contributed by atoms with Crippen molar-refractivity contribution in [3.8, 4) is 0 Å². The van der Waals surface area contributed by atoms with Crippen LogP contribution in [0, 0.1) is 0 Å². The molecule has 1 aliphatic rings. The number of fused-ring (bicyclic) bond motifs is 2. The van der Waals surface area contributed by atoms with Crippen molar-refractivity contribution in [2.24, 2.45) is 5.73 Å². The standard InChI is InChI=1S/C17H17N/c1-12-10-13-6-2-3-8-15(13)17(11-18)16-9-5-4-7-14(12)16/h2-10,17H,11,18H2,1H3. The molecule has 2 N–H and O–H groups in total. The summed E-state index contributed by atoms with van der Waals surface area (Å²) in [5.41, 5.74) is 12.6. The molecular formula is C17H17N. The molecule has 0 aromatic heterocycles. The van der Waals surface area contributed by atoms with Gasteiger partial charge in [-0.25, -0.2) is 0 Å². The molecule has 0 heterocycles. The van der Waals surface area contributed by atoms with Crippen LogP contribution in [0.15, 0.2) is 48.5 Å². The second kappa shape index (κ2) is 4.43. The predicted molar refractivity (Wildman–Crippen MR) is 77.3 cm³/mol. The van der Waals surface area contributed by atoms with Gasteiger partial charge in [0.25, 0.3) is 0 Å². The van der Waals surface area contributed by atoms with E-state index in [1.54, 1.807) is 0 Å². The molecule has 0 saturated heterocycles. The van der Waals surface area contributed by atoms with E-state index in [0.717, 1.165) is 0 Å². The van der Waals surface area contributed by atoms with Crippen molar-refractivity contribution in [2.75, 3.05) is 6.54 Å².